The molecule has 2 aromatic rings. The zero-order valence-corrected chi connectivity index (χ0v) is 13.0. The first-order valence-electron chi connectivity index (χ1n) is 7.32. The van der Waals surface area contributed by atoms with Gasteiger partial charge in [-0.2, -0.15) is 0 Å². The molecule has 0 atom stereocenters. The molecule has 0 unspecified atom stereocenters. The quantitative estimate of drug-likeness (QED) is 0.796. The fourth-order valence-electron chi connectivity index (χ4n) is 2.84. The fraction of sp³-hybridized carbons (Fsp3) is 0.278. The van der Waals surface area contributed by atoms with Gasteiger partial charge >= 0.3 is 0 Å². The summed E-state index contributed by atoms with van der Waals surface area (Å²) in [4.78, 5) is 15.7. The lowest BCUT2D eigenvalue weighted by Crippen LogP contribution is -2.37. The Kier molecular flexibility index (Phi) is 4.30. The molecule has 0 aliphatic carbocycles. The number of rotatable bonds is 3. The SMILES string of the molecule is Cc1cccc2c1N(C(=O)CSc1ccccc1)CCC2. The number of para-hydroxylation sites is 1. The van der Waals surface area contributed by atoms with E-state index in [1.165, 1.54) is 11.1 Å². The van der Waals surface area contributed by atoms with E-state index in [4.69, 9.17) is 0 Å². The highest BCUT2D eigenvalue weighted by molar-refractivity contribution is 8.00. The number of fused-ring (bicyclic) bond motifs is 1. The summed E-state index contributed by atoms with van der Waals surface area (Å²) in [5, 5.41) is 0. The van der Waals surface area contributed by atoms with E-state index in [9.17, 15) is 4.79 Å². The monoisotopic (exact) mass is 297 g/mol. The van der Waals surface area contributed by atoms with Gasteiger partial charge in [0.05, 0.1) is 5.75 Å². The van der Waals surface area contributed by atoms with Gasteiger partial charge in [-0.25, -0.2) is 0 Å². The molecule has 0 radical (unpaired) electrons. The van der Waals surface area contributed by atoms with Crippen LogP contribution in [0.2, 0.25) is 0 Å². The van der Waals surface area contributed by atoms with Crippen LogP contribution in [0.25, 0.3) is 0 Å². The van der Waals surface area contributed by atoms with Crippen molar-refractivity contribution in [1.29, 1.82) is 0 Å². The number of thioether (sulfide) groups is 1. The van der Waals surface area contributed by atoms with E-state index < -0.39 is 0 Å². The number of nitrogens with zero attached hydrogens (tertiary/aromatic N) is 1. The molecule has 2 aromatic carbocycles. The summed E-state index contributed by atoms with van der Waals surface area (Å²) in [7, 11) is 0. The minimum atomic E-state index is 0.208. The summed E-state index contributed by atoms with van der Waals surface area (Å²) in [6, 6.07) is 16.4. The van der Waals surface area contributed by atoms with Crippen LogP contribution in [0.5, 0.6) is 0 Å². The third kappa shape index (κ3) is 3.13. The zero-order valence-electron chi connectivity index (χ0n) is 12.2. The Labute approximate surface area is 130 Å². The predicted octanol–water partition coefficient (Wildman–Crippen LogP) is 4.07. The molecule has 2 nitrogen and oxygen atoms in total. The van der Waals surface area contributed by atoms with Gasteiger partial charge in [-0.15, -0.1) is 11.8 Å². The standard InChI is InChI=1S/C18H19NOS/c1-14-7-5-8-15-9-6-12-19(18(14)15)17(20)13-21-16-10-3-2-4-11-16/h2-5,7-8,10-11H,6,9,12-13H2,1H3. The number of carbonyl (C=O) groups excluding carboxylic acids is 1. The molecule has 3 rings (SSSR count). The summed E-state index contributed by atoms with van der Waals surface area (Å²) < 4.78 is 0. The average molecular weight is 297 g/mol. The first-order valence-corrected chi connectivity index (χ1v) is 8.31. The largest absolute Gasteiger partial charge is 0.311 e. The summed E-state index contributed by atoms with van der Waals surface area (Å²) in [6.45, 7) is 2.93. The van der Waals surface area contributed by atoms with Crippen molar-refractivity contribution in [2.24, 2.45) is 0 Å². The summed E-state index contributed by atoms with van der Waals surface area (Å²) in [5.41, 5.74) is 3.65. The fourth-order valence-corrected chi connectivity index (χ4v) is 3.63. The normalized spacial score (nSPS) is 13.9. The van der Waals surface area contributed by atoms with Crippen molar-refractivity contribution in [3.63, 3.8) is 0 Å². The number of carbonyl (C=O) groups is 1. The summed E-state index contributed by atoms with van der Waals surface area (Å²) in [6.07, 6.45) is 2.13. The Balaban J connectivity index is 1.75. The predicted molar refractivity (Wildman–Crippen MR) is 89.0 cm³/mol. The van der Waals surface area contributed by atoms with Crippen molar-refractivity contribution in [2.75, 3.05) is 17.2 Å². The van der Waals surface area contributed by atoms with E-state index in [1.807, 2.05) is 35.2 Å². The van der Waals surface area contributed by atoms with Gasteiger partial charge in [-0.3, -0.25) is 4.79 Å². The lowest BCUT2D eigenvalue weighted by Gasteiger charge is -2.31. The second-order valence-corrected chi connectivity index (χ2v) is 6.38. The van der Waals surface area contributed by atoms with Gasteiger partial charge in [0.15, 0.2) is 0 Å². The van der Waals surface area contributed by atoms with Crippen molar-refractivity contribution in [1.82, 2.24) is 0 Å². The van der Waals surface area contributed by atoms with Crippen LogP contribution < -0.4 is 4.90 Å². The third-order valence-electron chi connectivity index (χ3n) is 3.83. The van der Waals surface area contributed by atoms with Crippen molar-refractivity contribution < 1.29 is 4.79 Å². The molecule has 108 valence electrons. The molecule has 0 N–H and O–H groups in total. The molecule has 1 heterocycles. The van der Waals surface area contributed by atoms with E-state index in [0.717, 1.165) is 30.0 Å². The smallest absolute Gasteiger partial charge is 0.237 e. The second kappa shape index (κ2) is 6.35. The maximum atomic E-state index is 12.6. The number of aryl methyl sites for hydroxylation is 2. The van der Waals surface area contributed by atoms with Crippen molar-refractivity contribution in [3.8, 4) is 0 Å². The average Bonchev–Trinajstić information content (AvgIpc) is 2.53. The lowest BCUT2D eigenvalue weighted by atomic mass is 9.98. The van der Waals surface area contributed by atoms with E-state index >= 15 is 0 Å². The molecule has 3 heteroatoms. The van der Waals surface area contributed by atoms with Crippen LogP contribution in [0.15, 0.2) is 53.4 Å². The number of hydrogen-bond acceptors (Lipinski definition) is 2. The van der Waals surface area contributed by atoms with Crippen molar-refractivity contribution >= 4 is 23.4 Å². The molecular formula is C18H19NOS. The molecule has 0 spiro atoms. The minimum Gasteiger partial charge on any atom is -0.311 e. The molecular weight excluding hydrogens is 278 g/mol. The highest BCUT2D eigenvalue weighted by Crippen LogP contribution is 2.31. The van der Waals surface area contributed by atoms with Crippen LogP contribution in [0.3, 0.4) is 0 Å². The van der Waals surface area contributed by atoms with Gasteiger partial charge in [0, 0.05) is 17.1 Å². The van der Waals surface area contributed by atoms with Gasteiger partial charge in [0.25, 0.3) is 0 Å². The van der Waals surface area contributed by atoms with E-state index in [-0.39, 0.29) is 5.91 Å². The maximum Gasteiger partial charge on any atom is 0.237 e. The Morgan fingerprint density at radius 2 is 1.95 bits per heavy atom. The number of amides is 1. The topological polar surface area (TPSA) is 20.3 Å². The van der Waals surface area contributed by atoms with Gasteiger partial charge in [0.2, 0.25) is 5.91 Å². The molecule has 1 aliphatic heterocycles. The first-order chi connectivity index (χ1) is 10.3. The Bertz CT molecular complexity index is 639. The van der Waals surface area contributed by atoms with Gasteiger partial charge in [-0.05, 0) is 43.0 Å². The van der Waals surface area contributed by atoms with E-state index in [1.54, 1.807) is 11.8 Å². The molecule has 1 amide bonds. The van der Waals surface area contributed by atoms with Gasteiger partial charge in [0.1, 0.15) is 0 Å². The molecule has 0 aromatic heterocycles. The van der Waals surface area contributed by atoms with Crippen LogP contribution in [-0.4, -0.2) is 18.2 Å². The third-order valence-corrected chi connectivity index (χ3v) is 4.82. The number of anilines is 1. The minimum absolute atomic E-state index is 0.208. The molecule has 1 aliphatic rings. The Hall–Kier alpha value is -1.74. The van der Waals surface area contributed by atoms with Crippen LogP contribution in [-0.2, 0) is 11.2 Å². The van der Waals surface area contributed by atoms with Gasteiger partial charge in [-0.1, -0.05) is 36.4 Å². The first kappa shape index (κ1) is 14.2. The Morgan fingerprint density at radius 1 is 1.14 bits per heavy atom. The van der Waals surface area contributed by atoms with Crippen LogP contribution >= 0.6 is 11.8 Å². The molecule has 0 fully saturated rings. The molecule has 0 saturated heterocycles. The van der Waals surface area contributed by atoms with Crippen LogP contribution in [0, 0.1) is 6.92 Å². The lowest BCUT2D eigenvalue weighted by molar-refractivity contribution is -0.116. The maximum absolute atomic E-state index is 12.6. The molecule has 21 heavy (non-hydrogen) atoms. The number of benzene rings is 2. The molecule has 0 bridgehead atoms. The van der Waals surface area contributed by atoms with E-state index in [0.29, 0.717) is 5.75 Å². The van der Waals surface area contributed by atoms with Crippen molar-refractivity contribution in [2.45, 2.75) is 24.7 Å². The number of hydrogen-bond donors (Lipinski definition) is 0. The highest BCUT2D eigenvalue weighted by atomic mass is 32.2. The highest BCUT2D eigenvalue weighted by Gasteiger charge is 2.23. The van der Waals surface area contributed by atoms with Gasteiger partial charge < -0.3 is 4.90 Å². The second-order valence-electron chi connectivity index (χ2n) is 5.33. The zero-order chi connectivity index (χ0) is 14.7. The van der Waals surface area contributed by atoms with Crippen molar-refractivity contribution in [3.05, 3.63) is 59.7 Å². The summed E-state index contributed by atoms with van der Waals surface area (Å²) >= 11 is 1.61. The summed E-state index contributed by atoms with van der Waals surface area (Å²) in [5.74, 6) is 0.705. The molecule has 0 saturated carbocycles. The van der Waals surface area contributed by atoms with Crippen LogP contribution in [0.4, 0.5) is 5.69 Å². The Morgan fingerprint density at radius 3 is 2.76 bits per heavy atom. The van der Waals surface area contributed by atoms with Crippen LogP contribution in [0.1, 0.15) is 17.5 Å². The van der Waals surface area contributed by atoms with E-state index in [2.05, 4.69) is 25.1 Å².